The first-order chi connectivity index (χ1) is 6.81. The van der Waals surface area contributed by atoms with Crippen molar-refractivity contribution in [3.05, 3.63) is 0 Å². The number of hydrogen-bond acceptors (Lipinski definition) is 2. The Morgan fingerprint density at radius 1 is 1.21 bits per heavy atom. The van der Waals surface area contributed by atoms with Gasteiger partial charge in [0.05, 0.1) is 0 Å². The molecule has 2 fully saturated rings. The Morgan fingerprint density at radius 3 is 2.57 bits per heavy atom. The molecule has 3 atom stereocenters. The predicted octanol–water partition coefficient (Wildman–Crippen LogP) is 1.89. The molecule has 2 aliphatic carbocycles. The molecule has 0 aromatic carbocycles. The first-order valence-electron chi connectivity index (χ1n) is 6.27. The van der Waals surface area contributed by atoms with Crippen LogP contribution in [0.25, 0.3) is 0 Å². The predicted molar refractivity (Wildman–Crippen MR) is 60.1 cm³/mol. The molecule has 2 rings (SSSR count). The van der Waals surface area contributed by atoms with Gasteiger partial charge in [0.1, 0.15) is 0 Å². The van der Waals surface area contributed by atoms with E-state index in [2.05, 4.69) is 12.2 Å². The van der Waals surface area contributed by atoms with Gasteiger partial charge in [-0.05, 0) is 51.0 Å². The van der Waals surface area contributed by atoms with Crippen LogP contribution in [0.5, 0.6) is 0 Å². The molecule has 0 radical (unpaired) electrons. The van der Waals surface area contributed by atoms with Gasteiger partial charge >= 0.3 is 0 Å². The van der Waals surface area contributed by atoms with Crippen LogP contribution in [0, 0.1) is 11.8 Å². The standard InChI is InChI=1S/C12H24N2/c1-9(10-6-7-10)14-12-5-3-2-4-11(12)8-13/h9-12,14H,2-8,13H2,1H3. The van der Waals surface area contributed by atoms with Crippen molar-refractivity contribution in [2.24, 2.45) is 17.6 Å². The van der Waals surface area contributed by atoms with E-state index in [1.807, 2.05) is 0 Å². The average Bonchev–Trinajstić information content (AvgIpc) is 3.02. The van der Waals surface area contributed by atoms with Crippen molar-refractivity contribution >= 4 is 0 Å². The van der Waals surface area contributed by atoms with E-state index in [0.29, 0.717) is 6.04 Å². The molecule has 3 unspecified atom stereocenters. The highest BCUT2D eigenvalue weighted by atomic mass is 15.0. The van der Waals surface area contributed by atoms with Crippen LogP contribution in [0.2, 0.25) is 0 Å². The molecule has 2 aliphatic rings. The van der Waals surface area contributed by atoms with Gasteiger partial charge in [0.25, 0.3) is 0 Å². The van der Waals surface area contributed by atoms with E-state index in [4.69, 9.17) is 5.73 Å². The fourth-order valence-corrected chi connectivity index (χ4v) is 2.78. The lowest BCUT2D eigenvalue weighted by Gasteiger charge is -2.33. The molecule has 2 saturated carbocycles. The monoisotopic (exact) mass is 196 g/mol. The smallest absolute Gasteiger partial charge is 0.0110 e. The third kappa shape index (κ3) is 2.48. The van der Waals surface area contributed by atoms with E-state index >= 15 is 0 Å². The minimum Gasteiger partial charge on any atom is -0.330 e. The van der Waals surface area contributed by atoms with Crippen molar-refractivity contribution in [1.29, 1.82) is 0 Å². The molecule has 0 heterocycles. The fourth-order valence-electron chi connectivity index (χ4n) is 2.78. The summed E-state index contributed by atoms with van der Waals surface area (Å²) < 4.78 is 0. The second-order valence-electron chi connectivity index (χ2n) is 5.18. The molecule has 0 saturated heterocycles. The normalized spacial score (nSPS) is 35.6. The van der Waals surface area contributed by atoms with Gasteiger partial charge in [-0.3, -0.25) is 0 Å². The van der Waals surface area contributed by atoms with Gasteiger partial charge < -0.3 is 11.1 Å². The molecule has 0 aromatic heterocycles. The maximum Gasteiger partial charge on any atom is 0.0110 e. The number of rotatable bonds is 4. The maximum atomic E-state index is 5.82. The fraction of sp³-hybridized carbons (Fsp3) is 1.00. The second kappa shape index (κ2) is 4.63. The molecule has 0 aromatic rings. The molecule has 0 aliphatic heterocycles. The van der Waals surface area contributed by atoms with Crippen LogP contribution in [-0.4, -0.2) is 18.6 Å². The highest BCUT2D eigenvalue weighted by Gasteiger charge is 2.31. The van der Waals surface area contributed by atoms with Gasteiger partial charge in [-0.25, -0.2) is 0 Å². The number of nitrogens with one attached hydrogen (secondary N) is 1. The summed E-state index contributed by atoms with van der Waals surface area (Å²) >= 11 is 0. The van der Waals surface area contributed by atoms with Crippen LogP contribution < -0.4 is 11.1 Å². The minimum absolute atomic E-state index is 0.712. The van der Waals surface area contributed by atoms with Crippen LogP contribution in [0.15, 0.2) is 0 Å². The summed E-state index contributed by atoms with van der Waals surface area (Å²) in [5.74, 6) is 1.71. The SMILES string of the molecule is CC(NC1CCCCC1CN)C1CC1. The zero-order valence-corrected chi connectivity index (χ0v) is 9.34. The largest absolute Gasteiger partial charge is 0.330 e. The first kappa shape index (κ1) is 10.4. The molecule has 3 N–H and O–H groups in total. The average molecular weight is 196 g/mol. The summed E-state index contributed by atoms with van der Waals surface area (Å²) in [7, 11) is 0. The molecule has 0 bridgehead atoms. The van der Waals surface area contributed by atoms with Crippen LogP contribution >= 0.6 is 0 Å². The molecule has 0 spiro atoms. The van der Waals surface area contributed by atoms with Crippen LogP contribution in [-0.2, 0) is 0 Å². The Morgan fingerprint density at radius 2 is 1.93 bits per heavy atom. The van der Waals surface area contributed by atoms with E-state index in [1.54, 1.807) is 0 Å². The van der Waals surface area contributed by atoms with Crippen molar-refractivity contribution in [3.8, 4) is 0 Å². The number of hydrogen-bond donors (Lipinski definition) is 2. The van der Waals surface area contributed by atoms with E-state index < -0.39 is 0 Å². The summed E-state index contributed by atoms with van der Waals surface area (Å²) in [4.78, 5) is 0. The van der Waals surface area contributed by atoms with Crippen molar-refractivity contribution in [2.45, 2.75) is 57.5 Å². The van der Waals surface area contributed by atoms with Crippen LogP contribution in [0.3, 0.4) is 0 Å². The minimum atomic E-state index is 0.712. The Bertz CT molecular complexity index is 177. The molecular weight excluding hydrogens is 172 g/mol. The molecule has 0 amide bonds. The molecule has 2 nitrogen and oxygen atoms in total. The van der Waals surface area contributed by atoms with Crippen molar-refractivity contribution in [1.82, 2.24) is 5.32 Å². The maximum absolute atomic E-state index is 5.82. The van der Waals surface area contributed by atoms with E-state index in [9.17, 15) is 0 Å². The van der Waals surface area contributed by atoms with E-state index in [1.165, 1.54) is 38.5 Å². The zero-order valence-electron chi connectivity index (χ0n) is 9.34. The van der Waals surface area contributed by atoms with E-state index in [-0.39, 0.29) is 0 Å². The molecule has 2 heteroatoms. The molecule has 82 valence electrons. The quantitative estimate of drug-likeness (QED) is 0.720. The zero-order chi connectivity index (χ0) is 9.97. The Hall–Kier alpha value is -0.0800. The Labute approximate surface area is 87.6 Å². The third-order valence-corrected chi connectivity index (χ3v) is 4.02. The molecule has 14 heavy (non-hydrogen) atoms. The molecular formula is C12H24N2. The third-order valence-electron chi connectivity index (χ3n) is 4.02. The van der Waals surface area contributed by atoms with Crippen LogP contribution in [0.4, 0.5) is 0 Å². The van der Waals surface area contributed by atoms with Crippen molar-refractivity contribution in [2.75, 3.05) is 6.54 Å². The lowest BCUT2D eigenvalue weighted by atomic mass is 9.84. The van der Waals surface area contributed by atoms with Gasteiger partial charge in [-0.2, -0.15) is 0 Å². The highest BCUT2D eigenvalue weighted by Crippen LogP contribution is 2.34. The van der Waals surface area contributed by atoms with Gasteiger partial charge in [0.15, 0.2) is 0 Å². The Balaban J connectivity index is 1.80. The summed E-state index contributed by atoms with van der Waals surface area (Å²) in [6.45, 7) is 3.22. The van der Waals surface area contributed by atoms with Crippen molar-refractivity contribution < 1.29 is 0 Å². The van der Waals surface area contributed by atoms with E-state index in [0.717, 1.165) is 24.4 Å². The lowest BCUT2D eigenvalue weighted by Crippen LogP contribution is -2.46. The first-order valence-corrected chi connectivity index (χ1v) is 6.27. The van der Waals surface area contributed by atoms with Crippen LogP contribution in [0.1, 0.15) is 45.4 Å². The summed E-state index contributed by atoms with van der Waals surface area (Å²) in [6, 6.07) is 1.44. The van der Waals surface area contributed by atoms with Gasteiger partial charge in [-0.1, -0.05) is 12.8 Å². The summed E-state index contributed by atoms with van der Waals surface area (Å²) in [6.07, 6.45) is 8.34. The Kier molecular flexibility index (Phi) is 3.45. The second-order valence-corrected chi connectivity index (χ2v) is 5.18. The lowest BCUT2D eigenvalue weighted by molar-refractivity contribution is 0.244. The number of nitrogens with two attached hydrogens (primary N) is 1. The van der Waals surface area contributed by atoms with Gasteiger partial charge in [-0.15, -0.1) is 0 Å². The van der Waals surface area contributed by atoms with Gasteiger partial charge in [0, 0.05) is 12.1 Å². The highest BCUT2D eigenvalue weighted by molar-refractivity contribution is 4.89. The summed E-state index contributed by atoms with van der Waals surface area (Å²) in [5, 5.41) is 3.80. The topological polar surface area (TPSA) is 38.0 Å². The summed E-state index contributed by atoms with van der Waals surface area (Å²) in [5.41, 5.74) is 5.82. The van der Waals surface area contributed by atoms with Crippen molar-refractivity contribution in [3.63, 3.8) is 0 Å². The van der Waals surface area contributed by atoms with Gasteiger partial charge in [0.2, 0.25) is 0 Å².